The van der Waals surface area contributed by atoms with Crippen LogP contribution in [0, 0.1) is 19.8 Å². The van der Waals surface area contributed by atoms with Crippen LogP contribution in [0.2, 0.25) is 0 Å². The van der Waals surface area contributed by atoms with E-state index in [-0.39, 0.29) is 11.8 Å². The summed E-state index contributed by atoms with van der Waals surface area (Å²) in [7, 11) is 1.75. The van der Waals surface area contributed by atoms with Crippen molar-refractivity contribution in [2.45, 2.75) is 33.7 Å². The van der Waals surface area contributed by atoms with Crippen molar-refractivity contribution < 1.29 is 14.7 Å². The minimum atomic E-state index is -1.03. The van der Waals surface area contributed by atoms with E-state index in [1.165, 1.54) is 0 Å². The van der Waals surface area contributed by atoms with E-state index in [4.69, 9.17) is 5.11 Å². The Morgan fingerprint density at radius 2 is 1.89 bits per heavy atom. The predicted molar refractivity (Wildman–Crippen MR) is 66.4 cm³/mol. The van der Waals surface area contributed by atoms with Crippen molar-refractivity contribution in [2.75, 3.05) is 0 Å². The lowest BCUT2D eigenvalue weighted by Crippen LogP contribution is -2.44. The molecule has 1 amide bonds. The van der Waals surface area contributed by atoms with Crippen LogP contribution in [0.3, 0.4) is 0 Å². The minimum absolute atomic E-state index is 0.177. The van der Waals surface area contributed by atoms with Gasteiger partial charge in [-0.15, -0.1) is 0 Å². The summed E-state index contributed by atoms with van der Waals surface area (Å²) in [5, 5.41) is 15.7. The van der Waals surface area contributed by atoms with Crippen molar-refractivity contribution in [1.29, 1.82) is 0 Å². The Bertz CT molecular complexity index is 477. The molecule has 0 saturated carbocycles. The lowest BCUT2D eigenvalue weighted by atomic mass is 10.0. The number of carboxylic acids is 1. The molecule has 1 atom stereocenters. The fraction of sp³-hybridized carbons (Fsp3) is 0.583. The standard InChI is InChI=1S/C12H19N3O3/c1-6(2)10(12(17)18)13-11(16)9-7(3)14-15(5)8(9)4/h6,10H,1-5H3,(H,13,16)(H,17,18)/t10-/m0/s1. The Kier molecular flexibility index (Phi) is 4.11. The molecule has 0 radical (unpaired) electrons. The fourth-order valence-electron chi connectivity index (χ4n) is 1.83. The summed E-state index contributed by atoms with van der Waals surface area (Å²) in [6.45, 7) is 7.01. The first kappa shape index (κ1) is 14.2. The molecule has 0 unspecified atom stereocenters. The highest BCUT2D eigenvalue weighted by Crippen LogP contribution is 2.13. The second kappa shape index (κ2) is 5.20. The Morgan fingerprint density at radius 1 is 1.33 bits per heavy atom. The molecule has 0 aliphatic heterocycles. The largest absolute Gasteiger partial charge is 0.480 e. The number of aryl methyl sites for hydroxylation is 2. The van der Waals surface area contributed by atoms with Crippen LogP contribution in [0.4, 0.5) is 0 Å². The molecule has 6 nitrogen and oxygen atoms in total. The molecular weight excluding hydrogens is 234 g/mol. The number of amides is 1. The van der Waals surface area contributed by atoms with Gasteiger partial charge in [-0.25, -0.2) is 4.79 Å². The smallest absolute Gasteiger partial charge is 0.326 e. The number of rotatable bonds is 4. The summed E-state index contributed by atoms with van der Waals surface area (Å²) in [5.41, 5.74) is 1.77. The molecular formula is C12H19N3O3. The van der Waals surface area contributed by atoms with E-state index in [1.54, 1.807) is 39.4 Å². The molecule has 0 saturated heterocycles. The van der Waals surface area contributed by atoms with Gasteiger partial charge in [-0.2, -0.15) is 5.10 Å². The van der Waals surface area contributed by atoms with Gasteiger partial charge < -0.3 is 10.4 Å². The zero-order valence-electron chi connectivity index (χ0n) is 11.3. The van der Waals surface area contributed by atoms with Gasteiger partial charge in [0.1, 0.15) is 6.04 Å². The van der Waals surface area contributed by atoms with Crippen LogP contribution < -0.4 is 5.32 Å². The number of hydrogen-bond donors (Lipinski definition) is 2. The molecule has 0 aromatic carbocycles. The summed E-state index contributed by atoms with van der Waals surface area (Å²) < 4.78 is 1.61. The van der Waals surface area contributed by atoms with E-state index >= 15 is 0 Å². The van der Waals surface area contributed by atoms with Gasteiger partial charge in [0.25, 0.3) is 5.91 Å². The Hall–Kier alpha value is -1.85. The lowest BCUT2D eigenvalue weighted by Gasteiger charge is -2.17. The van der Waals surface area contributed by atoms with Crippen LogP contribution >= 0.6 is 0 Å². The van der Waals surface area contributed by atoms with Crippen LogP contribution in [-0.2, 0) is 11.8 Å². The normalized spacial score (nSPS) is 12.6. The number of nitrogens with zero attached hydrogens (tertiary/aromatic N) is 2. The van der Waals surface area contributed by atoms with Crippen molar-refractivity contribution in [3.05, 3.63) is 17.0 Å². The molecule has 18 heavy (non-hydrogen) atoms. The van der Waals surface area contributed by atoms with Crippen LogP contribution in [-0.4, -0.2) is 32.8 Å². The number of carbonyl (C=O) groups is 2. The number of carbonyl (C=O) groups excluding carboxylic acids is 1. The van der Waals surface area contributed by atoms with Crippen LogP contribution in [0.25, 0.3) is 0 Å². The molecule has 0 bridgehead atoms. The van der Waals surface area contributed by atoms with Crippen molar-refractivity contribution in [1.82, 2.24) is 15.1 Å². The maximum Gasteiger partial charge on any atom is 0.326 e. The summed E-state index contributed by atoms with van der Waals surface area (Å²) in [6, 6.07) is -0.892. The van der Waals surface area contributed by atoms with Gasteiger partial charge in [0.05, 0.1) is 11.3 Å². The maximum absolute atomic E-state index is 12.1. The second-order valence-electron chi connectivity index (χ2n) is 4.70. The van der Waals surface area contributed by atoms with Gasteiger partial charge in [0.2, 0.25) is 0 Å². The number of hydrogen-bond acceptors (Lipinski definition) is 3. The molecule has 6 heteroatoms. The summed E-state index contributed by atoms with van der Waals surface area (Å²) in [6.07, 6.45) is 0. The van der Waals surface area contributed by atoms with Crippen molar-refractivity contribution in [3.8, 4) is 0 Å². The monoisotopic (exact) mass is 253 g/mol. The first-order chi connectivity index (χ1) is 8.25. The fourth-order valence-corrected chi connectivity index (χ4v) is 1.83. The number of nitrogens with one attached hydrogen (secondary N) is 1. The SMILES string of the molecule is Cc1nn(C)c(C)c1C(=O)N[C@H](C(=O)O)C(C)C. The van der Waals surface area contributed by atoms with E-state index in [0.717, 1.165) is 5.69 Å². The Morgan fingerprint density at radius 3 is 2.22 bits per heavy atom. The van der Waals surface area contributed by atoms with Crippen LogP contribution in [0.15, 0.2) is 0 Å². The quantitative estimate of drug-likeness (QED) is 0.834. The maximum atomic E-state index is 12.1. The number of carboxylic acid groups (broad SMARTS) is 1. The average molecular weight is 253 g/mol. The van der Waals surface area contributed by atoms with Crippen LogP contribution in [0.1, 0.15) is 35.6 Å². The highest BCUT2D eigenvalue weighted by atomic mass is 16.4. The van der Waals surface area contributed by atoms with E-state index < -0.39 is 12.0 Å². The van der Waals surface area contributed by atoms with Crippen molar-refractivity contribution in [3.63, 3.8) is 0 Å². The summed E-state index contributed by atoms with van der Waals surface area (Å²) >= 11 is 0. The summed E-state index contributed by atoms with van der Waals surface area (Å²) in [5.74, 6) is -1.60. The highest BCUT2D eigenvalue weighted by molar-refractivity contribution is 5.98. The number of aliphatic carboxylic acids is 1. The highest BCUT2D eigenvalue weighted by Gasteiger charge is 2.26. The third-order valence-corrected chi connectivity index (χ3v) is 2.96. The first-order valence-corrected chi connectivity index (χ1v) is 5.79. The second-order valence-corrected chi connectivity index (χ2v) is 4.70. The van der Waals surface area contributed by atoms with Gasteiger partial charge in [-0.3, -0.25) is 9.48 Å². The molecule has 100 valence electrons. The molecule has 1 aromatic rings. The van der Waals surface area contributed by atoms with Crippen molar-refractivity contribution >= 4 is 11.9 Å². The zero-order valence-corrected chi connectivity index (χ0v) is 11.3. The van der Waals surface area contributed by atoms with Gasteiger partial charge in [-0.1, -0.05) is 13.8 Å². The first-order valence-electron chi connectivity index (χ1n) is 5.79. The lowest BCUT2D eigenvalue weighted by molar-refractivity contribution is -0.140. The topological polar surface area (TPSA) is 84.2 Å². The third-order valence-electron chi connectivity index (χ3n) is 2.96. The molecule has 1 heterocycles. The average Bonchev–Trinajstić information content (AvgIpc) is 2.48. The zero-order chi connectivity index (χ0) is 14.0. The molecule has 0 aliphatic carbocycles. The van der Waals surface area contributed by atoms with Crippen LogP contribution in [0.5, 0.6) is 0 Å². The number of aromatic nitrogens is 2. The predicted octanol–water partition coefficient (Wildman–Crippen LogP) is 0.876. The molecule has 0 spiro atoms. The van der Waals surface area contributed by atoms with Gasteiger partial charge in [0, 0.05) is 12.7 Å². The van der Waals surface area contributed by atoms with Gasteiger partial charge in [0.15, 0.2) is 0 Å². The van der Waals surface area contributed by atoms with E-state index in [1.807, 2.05) is 0 Å². The molecule has 1 rings (SSSR count). The Labute approximate surface area is 106 Å². The molecule has 0 fully saturated rings. The van der Waals surface area contributed by atoms with E-state index in [2.05, 4.69) is 10.4 Å². The third kappa shape index (κ3) is 2.69. The van der Waals surface area contributed by atoms with Gasteiger partial charge >= 0.3 is 5.97 Å². The molecule has 0 aliphatic rings. The van der Waals surface area contributed by atoms with Crippen molar-refractivity contribution in [2.24, 2.45) is 13.0 Å². The minimum Gasteiger partial charge on any atom is -0.480 e. The van der Waals surface area contributed by atoms with E-state index in [0.29, 0.717) is 11.3 Å². The van der Waals surface area contributed by atoms with Gasteiger partial charge in [-0.05, 0) is 19.8 Å². The molecule has 2 N–H and O–H groups in total. The van der Waals surface area contributed by atoms with E-state index in [9.17, 15) is 9.59 Å². The summed E-state index contributed by atoms with van der Waals surface area (Å²) in [4.78, 5) is 23.1. The Balaban J connectivity index is 2.98. The molecule has 1 aromatic heterocycles.